The third kappa shape index (κ3) is 4.13. The number of hydrogen-bond acceptors (Lipinski definition) is 2. The summed E-state index contributed by atoms with van der Waals surface area (Å²) in [6.45, 7) is 1.96. The highest BCUT2D eigenvalue weighted by Gasteiger charge is 2.09. The number of hydrogen-bond donors (Lipinski definition) is 1. The standard InChI is InChI=1S/C15H14BrCl2NO/c1-9(19)6-10-2-5-14(13(18)7-10)20-15-8-11(16)3-4-12(15)17/h2-5,7-9H,6,19H2,1H3. The second-order valence-electron chi connectivity index (χ2n) is 4.62. The molecule has 1 atom stereocenters. The van der Waals surface area contributed by atoms with Crippen LogP contribution in [0.25, 0.3) is 0 Å². The molecule has 2 N–H and O–H groups in total. The van der Waals surface area contributed by atoms with Crippen molar-refractivity contribution >= 4 is 39.1 Å². The third-order valence-corrected chi connectivity index (χ3v) is 3.77. The van der Waals surface area contributed by atoms with E-state index in [-0.39, 0.29) is 6.04 Å². The second-order valence-corrected chi connectivity index (χ2v) is 6.35. The minimum Gasteiger partial charge on any atom is -0.454 e. The molecular weight excluding hydrogens is 361 g/mol. The van der Waals surface area contributed by atoms with Crippen LogP contribution in [0.5, 0.6) is 11.5 Å². The Morgan fingerprint density at radius 2 is 1.85 bits per heavy atom. The lowest BCUT2D eigenvalue weighted by Crippen LogP contribution is -2.17. The molecule has 2 aromatic carbocycles. The first-order valence-corrected chi connectivity index (χ1v) is 7.67. The van der Waals surface area contributed by atoms with Gasteiger partial charge in [0.05, 0.1) is 10.0 Å². The SMILES string of the molecule is CC(N)Cc1ccc(Oc2cc(Br)ccc2Cl)c(Cl)c1. The largest absolute Gasteiger partial charge is 0.454 e. The van der Waals surface area contributed by atoms with Crippen LogP contribution in [-0.2, 0) is 6.42 Å². The predicted molar refractivity (Wildman–Crippen MR) is 88.0 cm³/mol. The summed E-state index contributed by atoms with van der Waals surface area (Å²) < 4.78 is 6.65. The van der Waals surface area contributed by atoms with Gasteiger partial charge in [-0.3, -0.25) is 0 Å². The molecule has 0 bridgehead atoms. The molecule has 0 heterocycles. The molecule has 5 heteroatoms. The molecule has 0 aliphatic heterocycles. The van der Waals surface area contributed by atoms with Crippen molar-refractivity contribution in [1.29, 1.82) is 0 Å². The van der Waals surface area contributed by atoms with Gasteiger partial charge in [0.2, 0.25) is 0 Å². The van der Waals surface area contributed by atoms with Crippen molar-refractivity contribution in [2.75, 3.05) is 0 Å². The first-order valence-electron chi connectivity index (χ1n) is 6.12. The average Bonchev–Trinajstić information content (AvgIpc) is 2.36. The van der Waals surface area contributed by atoms with Gasteiger partial charge in [0, 0.05) is 10.5 Å². The van der Waals surface area contributed by atoms with Crippen LogP contribution < -0.4 is 10.5 Å². The fourth-order valence-electron chi connectivity index (χ4n) is 1.80. The molecule has 0 fully saturated rings. The van der Waals surface area contributed by atoms with E-state index in [1.165, 1.54) is 0 Å². The zero-order chi connectivity index (χ0) is 14.7. The molecule has 0 saturated heterocycles. The van der Waals surface area contributed by atoms with E-state index in [1.54, 1.807) is 12.1 Å². The molecule has 0 aliphatic carbocycles. The summed E-state index contributed by atoms with van der Waals surface area (Å²) in [6, 6.07) is 11.2. The van der Waals surface area contributed by atoms with Gasteiger partial charge >= 0.3 is 0 Å². The van der Waals surface area contributed by atoms with Crippen molar-refractivity contribution < 1.29 is 4.74 Å². The van der Waals surface area contributed by atoms with E-state index in [0.29, 0.717) is 21.5 Å². The van der Waals surface area contributed by atoms with Gasteiger partial charge in [-0.1, -0.05) is 45.2 Å². The minimum atomic E-state index is 0.0948. The van der Waals surface area contributed by atoms with Gasteiger partial charge < -0.3 is 10.5 Å². The molecule has 0 amide bonds. The van der Waals surface area contributed by atoms with E-state index in [1.807, 2.05) is 31.2 Å². The normalized spacial score (nSPS) is 12.2. The lowest BCUT2D eigenvalue weighted by molar-refractivity contribution is 0.482. The van der Waals surface area contributed by atoms with Crippen molar-refractivity contribution in [2.45, 2.75) is 19.4 Å². The summed E-state index contributed by atoms with van der Waals surface area (Å²) >= 11 is 15.7. The fourth-order valence-corrected chi connectivity index (χ4v) is 2.54. The van der Waals surface area contributed by atoms with Gasteiger partial charge in [0.1, 0.15) is 11.5 Å². The summed E-state index contributed by atoms with van der Waals surface area (Å²) in [5.74, 6) is 1.13. The maximum atomic E-state index is 6.23. The Bertz CT molecular complexity index is 617. The van der Waals surface area contributed by atoms with Crippen LogP contribution >= 0.6 is 39.1 Å². The van der Waals surface area contributed by atoms with Crippen molar-refractivity contribution in [2.24, 2.45) is 5.73 Å². The maximum Gasteiger partial charge on any atom is 0.147 e. The monoisotopic (exact) mass is 373 g/mol. The molecule has 20 heavy (non-hydrogen) atoms. The fraction of sp³-hybridized carbons (Fsp3) is 0.200. The summed E-state index contributed by atoms with van der Waals surface area (Å²) in [7, 11) is 0. The molecular formula is C15H14BrCl2NO. The summed E-state index contributed by atoms with van der Waals surface area (Å²) in [6.07, 6.45) is 0.775. The Kier molecular flexibility index (Phi) is 5.33. The first kappa shape index (κ1) is 15.6. The van der Waals surface area contributed by atoms with Gasteiger partial charge in [-0.15, -0.1) is 0 Å². The van der Waals surface area contributed by atoms with Crippen LogP contribution in [0.1, 0.15) is 12.5 Å². The first-order chi connectivity index (χ1) is 9.45. The number of ether oxygens (including phenoxy) is 1. The Morgan fingerprint density at radius 3 is 2.50 bits per heavy atom. The zero-order valence-corrected chi connectivity index (χ0v) is 14.0. The maximum absolute atomic E-state index is 6.23. The summed E-state index contributed by atoms with van der Waals surface area (Å²) in [4.78, 5) is 0. The number of halogens is 3. The lowest BCUT2D eigenvalue weighted by atomic mass is 10.1. The summed E-state index contributed by atoms with van der Waals surface area (Å²) in [5, 5.41) is 1.07. The van der Waals surface area contributed by atoms with Crippen LogP contribution in [0, 0.1) is 0 Å². The quantitative estimate of drug-likeness (QED) is 0.773. The minimum absolute atomic E-state index is 0.0948. The van der Waals surface area contributed by atoms with Crippen LogP contribution in [0.4, 0.5) is 0 Å². The van der Waals surface area contributed by atoms with E-state index in [2.05, 4.69) is 15.9 Å². The number of rotatable bonds is 4. The molecule has 2 rings (SSSR count). The highest BCUT2D eigenvalue weighted by molar-refractivity contribution is 9.10. The number of nitrogens with two attached hydrogens (primary N) is 1. The van der Waals surface area contributed by atoms with E-state index >= 15 is 0 Å². The van der Waals surface area contributed by atoms with Crippen molar-refractivity contribution in [3.05, 3.63) is 56.5 Å². The van der Waals surface area contributed by atoms with Crippen LogP contribution in [0.3, 0.4) is 0 Å². The topological polar surface area (TPSA) is 35.2 Å². The highest BCUT2D eigenvalue weighted by atomic mass is 79.9. The highest BCUT2D eigenvalue weighted by Crippen LogP contribution is 2.35. The van der Waals surface area contributed by atoms with Gasteiger partial charge in [-0.05, 0) is 49.2 Å². The predicted octanol–water partition coefficient (Wildman–Crippen LogP) is 5.44. The molecule has 1 unspecified atom stereocenters. The van der Waals surface area contributed by atoms with Crippen LogP contribution in [0.2, 0.25) is 10.0 Å². The smallest absolute Gasteiger partial charge is 0.147 e. The molecule has 0 saturated carbocycles. The lowest BCUT2D eigenvalue weighted by Gasteiger charge is -2.11. The van der Waals surface area contributed by atoms with E-state index in [4.69, 9.17) is 33.7 Å². The van der Waals surface area contributed by atoms with Gasteiger partial charge in [-0.2, -0.15) is 0 Å². The Balaban J connectivity index is 2.23. The molecule has 0 radical (unpaired) electrons. The van der Waals surface area contributed by atoms with Crippen molar-refractivity contribution in [3.63, 3.8) is 0 Å². The summed E-state index contributed by atoms with van der Waals surface area (Å²) in [5.41, 5.74) is 6.86. The van der Waals surface area contributed by atoms with Crippen LogP contribution in [0.15, 0.2) is 40.9 Å². The number of benzene rings is 2. The molecule has 0 aliphatic rings. The Morgan fingerprint density at radius 1 is 1.10 bits per heavy atom. The van der Waals surface area contributed by atoms with Gasteiger partial charge in [0.25, 0.3) is 0 Å². The third-order valence-electron chi connectivity index (χ3n) is 2.67. The average molecular weight is 375 g/mol. The van der Waals surface area contributed by atoms with Crippen molar-refractivity contribution in [3.8, 4) is 11.5 Å². The van der Waals surface area contributed by atoms with E-state index in [0.717, 1.165) is 16.5 Å². The zero-order valence-electron chi connectivity index (χ0n) is 10.9. The molecule has 106 valence electrons. The molecule has 2 aromatic rings. The van der Waals surface area contributed by atoms with Crippen LogP contribution in [-0.4, -0.2) is 6.04 Å². The second kappa shape index (κ2) is 6.81. The Hall–Kier alpha value is -0.740. The molecule has 0 aromatic heterocycles. The van der Waals surface area contributed by atoms with E-state index < -0.39 is 0 Å². The Labute approximate surface area is 137 Å². The van der Waals surface area contributed by atoms with Crippen molar-refractivity contribution in [1.82, 2.24) is 0 Å². The molecule has 0 spiro atoms. The van der Waals surface area contributed by atoms with Gasteiger partial charge in [0.15, 0.2) is 0 Å². The van der Waals surface area contributed by atoms with E-state index in [9.17, 15) is 0 Å². The van der Waals surface area contributed by atoms with Gasteiger partial charge in [-0.25, -0.2) is 0 Å². The molecule has 2 nitrogen and oxygen atoms in total.